The molecule has 0 N–H and O–H groups in total. The fraction of sp³-hybridized carbons (Fsp3) is 0.600. The van der Waals surface area contributed by atoms with E-state index in [1.165, 1.54) is 31.5 Å². The maximum atomic E-state index is 3.47. The fourth-order valence-corrected chi connectivity index (χ4v) is 2.28. The highest BCUT2D eigenvalue weighted by Gasteiger charge is 2.01. The molecule has 0 amide bonds. The highest BCUT2D eigenvalue weighted by Crippen LogP contribution is 2.03. The fourth-order valence-electron chi connectivity index (χ4n) is 2.03. The lowest BCUT2D eigenvalue weighted by molar-refractivity contribution is 0.275. The molecule has 0 aliphatic rings. The number of rotatable bonds is 9. The van der Waals surface area contributed by atoms with Crippen molar-refractivity contribution in [3.63, 3.8) is 0 Å². The van der Waals surface area contributed by atoms with E-state index in [9.17, 15) is 0 Å². The van der Waals surface area contributed by atoms with Crippen molar-refractivity contribution in [1.29, 1.82) is 0 Å². The van der Waals surface area contributed by atoms with Gasteiger partial charge in [0, 0.05) is 11.9 Å². The Balaban J connectivity index is 0.00000324. The molecule has 1 aromatic rings. The Kier molecular flexibility index (Phi) is 12.0. The van der Waals surface area contributed by atoms with E-state index in [1.54, 1.807) is 0 Å². The van der Waals surface area contributed by atoms with Gasteiger partial charge in [-0.05, 0) is 52.1 Å². The predicted molar refractivity (Wildman–Crippen MR) is 93.6 cm³/mol. The molecule has 0 saturated carbocycles. The standard InChI is InChI=1S/C15H25BrN2.BrH/c1-17(11-6-10-16)12-7-13-18(2)14-15-8-4-3-5-9-15;/h3-5,8-9H,6-7,10-14H2,1-2H3;1H. The second-order valence-corrected chi connectivity index (χ2v) is 5.72. The monoisotopic (exact) mass is 392 g/mol. The molecule has 19 heavy (non-hydrogen) atoms. The van der Waals surface area contributed by atoms with E-state index in [1.807, 2.05) is 0 Å². The lowest BCUT2D eigenvalue weighted by Crippen LogP contribution is -2.26. The molecule has 0 radical (unpaired) electrons. The van der Waals surface area contributed by atoms with Crippen molar-refractivity contribution in [2.45, 2.75) is 19.4 Å². The van der Waals surface area contributed by atoms with Gasteiger partial charge in [-0.15, -0.1) is 17.0 Å². The summed E-state index contributed by atoms with van der Waals surface area (Å²) in [5.41, 5.74) is 1.40. The SMILES string of the molecule is Br.CN(CCCBr)CCCN(C)Cc1ccccc1. The Bertz CT molecular complexity index is 306. The summed E-state index contributed by atoms with van der Waals surface area (Å²) >= 11 is 3.47. The number of benzene rings is 1. The first-order valence-electron chi connectivity index (χ1n) is 6.69. The quantitative estimate of drug-likeness (QED) is 0.588. The van der Waals surface area contributed by atoms with Crippen LogP contribution in [0.2, 0.25) is 0 Å². The maximum Gasteiger partial charge on any atom is 0.0230 e. The van der Waals surface area contributed by atoms with Crippen molar-refractivity contribution in [2.24, 2.45) is 0 Å². The first kappa shape index (κ1) is 19.1. The number of halogens is 2. The average Bonchev–Trinajstić information content (AvgIpc) is 2.37. The molecule has 0 atom stereocenters. The first-order valence-corrected chi connectivity index (χ1v) is 7.81. The molecule has 110 valence electrons. The van der Waals surface area contributed by atoms with Gasteiger partial charge in [-0.3, -0.25) is 0 Å². The van der Waals surface area contributed by atoms with Crippen molar-refractivity contribution >= 4 is 32.9 Å². The van der Waals surface area contributed by atoms with Crippen molar-refractivity contribution in [2.75, 3.05) is 39.1 Å². The Morgan fingerprint density at radius 1 is 0.895 bits per heavy atom. The van der Waals surface area contributed by atoms with Crippen LogP contribution in [-0.4, -0.2) is 48.9 Å². The van der Waals surface area contributed by atoms with Crippen LogP contribution in [0.25, 0.3) is 0 Å². The third-order valence-corrected chi connectivity index (χ3v) is 3.61. The summed E-state index contributed by atoms with van der Waals surface area (Å²) in [6, 6.07) is 10.7. The highest BCUT2D eigenvalue weighted by molar-refractivity contribution is 9.09. The Morgan fingerprint density at radius 3 is 2.11 bits per heavy atom. The smallest absolute Gasteiger partial charge is 0.0230 e. The predicted octanol–water partition coefficient (Wildman–Crippen LogP) is 3.80. The van der Waals surface area contributed by atoms with Crippen LogP contribution >= 0.6 is 32.9 Å². The van der Waals surface area contributed by atoms with Crippen molar-refractivity contribution < 1.29 is 0 Å². The van der Waals surface area contributed by atoms with Crippen LogP contribution in [0.3, 0.4) is 0 Å². The van der Waals surface area contributed by atoms with Crippen LogP contribution in [0.15, 0.2) is 30.3 Å². The summed E-state index contributed by atoms with van der Waals surface area (Å²) in [5, 5.41) is 1.10. The molecule has 1 rings (SSSR count). The third kappa shape index (κ3) is 9.61. The van der Waals surface area contributed by atoms with Gasteiger partial charge in [-0.25, -0.2) is 0 Å². The van der Waals surface area contributed by atoms with Gasteiger partial charge in [0.1, 0.15) is 0 Å². The maximum absolute atomic E-state index is 3.47. The molecule has 0 aromatic heterocycles. The van der Waals surface area contributed by atoms with E-state index in [0.29, 0.717) is 0 Å². The molecule has 4 heteroatoms. The molecule has 1 aromatic carbocycles. The van der Waals surface area contributed by atoms with Gasteiger partial charge in [-0.2, -0.15) is 0 Å². The van der Waals surface area contributed by atoms with Crippen molar-refractivity contribution in [1.82, 2.24) is 9.80 Å². The number of hydrogen-bond acceptors (Lipinski definition) is 2. The van der Waals surface area contributed by atoms with Crippen molar-refractivity contribution in [3.8, 4) is 0 Å². The Labute approximate surface area is 137 Å². The molecule has 0 heterocycles. The number of alkyl halides is 1. The molecule has 0 aliphatic heterocycles. The third-order valence-electron chi connectivity index (χ3n) is 3.05. The molecule has 2 nitrogen and oxygen atoms in total. The summed E-state index contributed by atoms with van der Waals surface area (Å²) in [6.45, 7) is 4.58. The molecule has 0 unspecified atom stereocenters. The summed E-state index contributed by atoms with van der Waals surface area (Å²) in [5.74, 6) is 0. The van der Waals surface area contributed by atoms with Gasteiger partial charge in [0.25, 0.3) is 0 Å². The zero-order valence-electron chi connectivity index (χ0n) is 12.0. The molecular formula is C15H26Br2N2. The summed E-state index contributed by atoms with van der Waals surface area (Å²) in [6.07, 6.45) is 2.47. The van der Waals surface area contributed by atoms with Crippen LogP contribution in [0.4, 0.5) is 0 Å². The van der Waals surface area contributed by atoms with Gasteiger partial charge < -0.3 is 9.80 Å². The molecule has 0 saturated heterocycles. The molecule has 0 spiro atoms. The largest absolute Gasteiger partial charge is 0.306 e. The molecule has 0 bridgehead atoms. The topological polar surface area (TPSA) is 6.48 Å². The number of nitrogens with zero attached hydrogens (tertiary/aromatic N) is 2. The Morgan fingerprint density at radius 2 is 1.47 bits per heavy atom. The minimum absolute atomic E-state index is 0. The van der Waals surface area contributed by atoms with E-state index in [0.717, 1.165) is 18.4 Å². The number of hydrogen-bond donors (Lipinski definition) is 0. The van der Waals surface area contributed by atoms with E-state index >= 15 is 0 Å². The van der Waals surface area contributed by atoms with Crippen molar-refractivity contribution in [3.05, 3.63) is 35.9 Å². The first-order chi connectivity index (χ1) is 8.72. The highest BCUT2D eigenvalue weighted by atomic mass is 79.9. The summed E-state index contributed by atoms with van der Waals surface area (Å²) < 4.78 is 0. The average molecular weight is 394 g/mol. The Hall–Kier alpha value is 0.1000. The van der Waals surface area contributed by atoms with E-state index in [4.69, 9.17) is 0 Å². The summed E-state index contributed by atoms with van der Waals surface area (Å²) in [4.78, 5) is 4.81. The van der Waals surface area contributed by atoms with E-state index < -0.39 is 0 Å². The zero-order valence-corrected chi connectivity index (χ0v) is 15.3. The van der Waals surface area contributed by atoms with Gasteiger partial charge >= 0.3 is 0 Å². The second-order valence-electron chi connectivity index (χ2n) is 4.92. The van der Waals surface area contributed by atoms with Gasteiger partial charge in [0.15, 0.2) is 0 Å². The minimum Gasteiger partial charge on any atom is -0.306 e. The lowest BCUT2D eigenvalue weighted by Gasteiger charge is -2.20. The molecular weight excluding hydrogens is 368 g/mol. The van der Waals surface area contributed by atoms with Crippen LogP contribution < -0.4 is 0 Å². The summed E-state index contributed by atoms with van der Waals surface area (Å²) in [7, 11) is 4.41. The van der Waals surface area contributed by atoms with Gasteiger partial charge in [0.05, 0.1) is 0 Å². The second kappa shape index (κ2) is 11.9. The molecule has 0 fully saturated rings. The van der Waals surface area contributed by atoms with Gasteiger partial charge in [0.2, 0.25) is 0 Å². The van der Waals surface area contributed by atoms with E-state index in [2.05, 4.69) is 70.2 Å². The van der Waals surface area contributed by atoms with Crippen LogP contribution in [-0.2, 0) is 6.54 Å². The lowest BCUT2D eigenvalue weighted by atomic mass is 10.2. The normalized spacial score (nSPS) is 10.8. The zero-order chi connectivity index (χ0) is 13.2. The van der Waals surface area contributed by atoms with Gasteiger partial charge in [-0.1, -0.05) is 46.3 Å². The van der Waals surface area contributed by atoms with Crippen LogP contribution in [0, 0.1) is 0 Å². The minimum atomic E-state index is 0. The van der Waals surface area contributed by atoms with Crippen LogP contribution in [0.5, 0.6) is 0 Å². The van der Waals surface area contributed by atoms with E-state index in [-0.39, 0.29) is 17.0 Å². The van der Waals surface area contributed by atoms with Crippen LogP contribution in [0.1, 0.15) is 18.4 Å². The molecule has 0 aliphatic carbocycles.